The lowest BCUT2D eigenvalue weighted by Crippen LogP contribution is -2.46. The summed E-state index contributed by atoms with van der Waals surface area (Å²) in [4.78, 5) is 44.7. The van der Waals surface area contributed by atoms with Crippen LogP contribution in [0.3, 0.4) is 0 Å². The fourth-order valence-corrected chi connectivity index (χ4v) is 5.10. The zero-order valence-corrected chi connectivity index (χ0v) is 23.1. The number of aliphatic imine (C=N–C) groups is 1. The van der Waals surface area contributed by atoms with Gasteiger partial charge in [0.05, 0.1) is 25.0 Å². The van der Waals surface area contributed by atoms with Crippen molar-refractivity contribution in [3.63, 3.8) is 0 Å². The lowest BCUT2D eigenvalue weighted by molar-refractivity contribution is -0.129. The predicted octanol–water partition coefficient (Wildman–Crippen LogP) is 5.73. The van der Waals surface area contributed by atoms with Crippen LogP contribution in [0.15, 0.2) is 77.8 Å². The van der Waals surface area contributed by atoms with Crippen LogP contribution in [0.5, 0.6) is 5.75 Å². The Morgan fingerprint density at radius 3 is 2.38 bits per heavy atom. The molecule has 8 nitrogen and oxygen atoms in total. The van der Waals surface area contributed by atoms with Gasteiger partial charge >= 0.3 is 5.97 Å². The van der Waals surface area contributed by atoms with Crippen molar-refractivity contribution in [2.45, 2.75) is 25.0 Å². The maximum absolute atomic E-state index is 13.3. The maximum atomic E-state index is 13.3. The van der Waals surface area contributed by atoms with Crippen LogP contribution in [0, 0.1) is 0 Å². The fraction of sp³-hybridized carbons (Fsp3) is 0.241. The number of halogens is 1. The van der Waals surface area contributed by atoms with Crippen LogP contribution in [0.1, 0.15) is 29.3 Å². The average molecular weight is 566 g/mol. The topological polar surface area (TPSA) is 97.3 Å². The van der Waals surface area contributed by atoms with E-state index in [1.165, 1.54) is 11.8 Å². The minimum absolute atomic E-state index is 0.0358. The van der Waals surface area contributed by atoms with E-state index in [1.54, 1.807) is 67.5 Å². The first-order valence-electron chi connectivity index (χ1n) is 12.4. The molecule has 202 valence electrons. The van der Waals surface area contributed by atoms with Gasteiger partial charge in [-0.15, -0.1) is 0 Å². The van der Waals surface area contributed by atoms with Gasteiger partial charge in [-0.05, 0) is 79.6 Å². The van der Waals surface area contributed by atoms with E-state index >= 15 is 0 Å². The number of carbonyl (C=O) groups is 3. The molecule has 2 amide bonds. The number of carbonyl (C=O) groups excluding carboxylic acids is 3. The Hall–Kier alpha value is -3.82. The number of nitrogens with one attached hydrogen (secondary N) is 1. The maximum Gasteiger partial charge on any atom is 0.338 e. The molecule has 0 unspecified atom stereocenters. The van der Waals surface area contributed by atoms with Gasteiger partial charge in [-0.3, -0.25) is 14.5 Å². The largest absolute Gasteiger partial charge is 0.497 e. The van der Waals surface area contributed by atoms with Crippen molar-refractivity contribution in [1.29, 1.82) is 0 Å². The first kappa shape index (κ1) is 28.2. The van der Waals surface area contributed by atoms with Crippen LogP contribution in [0.2, 0.25) is 5.02 Å². The van der Waals surface area contributed by atoms with Gasteiger partial charge in [-0.2, -0.15) is 0 Å². The van der Waals surface area contributed by atoms with E-state index in [2.05, 4.69) is 5.32 Å². The van der Waals surface area contributed by atoms with Crippen LogP contribution in [-0.2, 0) is 20.7 Å². The van der Waals surface area contributed by atoms with Crippen LogP contribution < -0.4 is 10.1 Å². The molecule has 0 aliphatic carbocycles. The molecule has 10 heteroatoms. The number of amides is 2. The highest BCUT2D eigenvalue weighted by atomic mass is 35.5. The Labute approximate surface area is 236 Å². The number of benzene rings is 3. The van der Waals surface area contributed by atoms with Crippen molar-refractivity contribution in [3.05, 3.63) is 88.9 Å². The summed E-state index contributed by atoms with van der Waals surface area (Å²) >= 11 is 7.24. The van der Waals surface area contributed by atoms with E-state index in [0.717, 1.165) is 5.56 Å². The van der Waals surface area contributed by atoms with Gasteiger partial charge in [0.25, 0.3) is 0 Å². The van der Waals surface area contributed by atoms with Crippen molar-refractivity contribution in [3.8, 4) is 5.75 Å². The van der Waals surface area contributed by atoms with Crippen molar-refractivity contribution in [2.75, 3.05) is 25.6 Å². The highest BCUT2D eigenvalue weighted by molar-refractivity contribution is 8.15. The average Bonchev–Trinajstić information content (AvgIpc) is 2.94. The number of rotatable bonds is 9. The van der Waals surface area contributed by atoms with E-state index in [9.17, 15) is 14.4 Å². The highest BCUT2D eigenvalue weighted by Gasteiger charge is 2.35. The van der Waals surface area contributed by atoms with Crippen LogP contribution in [-0.4, -0.2) is 53.4 Å². The summed E-state index contributed by atoms with van der Waals surface area (Å²) in [5.74, 6) is -0.227. The summed E-state index contributed by atoms with van der Waals surface area (Å²) in [6.07, 6.45) is 0.626. The van der Waals surface area contributed by atoms with Gasteiger partial charge in [0, 0.05) is 23.7 Å². The summed E-state index contributed by atoms with van der Waals surface area (Å²) in [5.41, 5.74) is 2.58. The molecule has 0 bridgehead atoms. The van der Waals surface area contributed by atoms with Gasteiger partial charge in [0.15, 0.2) is 5.17 Å². The molecule has 3 aromatic carbocycles. The van der Waals surface area contributed by atoms with E-state index in [1.807, 2.05) is 24.3 Å². The second kappa shape index (κ2) is 13.3. The standard InChI is InChI=1S/C29H28ClN3O5S/c1-3-38-28(36)20-6-10-23(11-7-20)32-29-33(17-16-19-4-8-21(30)9-5-19)26(34)18-25(39-29)27(35)31-22-12-14-24(37-2)15-13-22/h4-15,25H,3,16-18H2,1-2H3,(H,31,35)/t25-/m0/s1. The van der Waals surface area contributed by atoms with Crippen molar-refractivity contribution in [1.82, 2.24) is 4.90 Å². The van der Waals surface area contributed by atoms with Crippen LogP contribution in [0.4, 0.5) is 11.4 Å². The first-order valence-corrected chi connectivity index (χ1v) is 13.6. The predicted molar refractivity (Wildman–Crippen MR) is 154 cm³/mol. The number of anilines is 1. The number of amidine groups is 1. The highest BCUT2D eigenvalue weighted by Crippen LogP contribution is 2.30. The van der Waals surface area contributed by atoms with Crippen LogP contribution >= 0.6 is 23.4 Å². The molecule has 1 aliphatic heterocycles. The summed E-state index contributed by atoms with van der Waals surface area (Å²) in [6, 6.07) is 21.0. The molecule has 1 heterocycles. The van der Waals surface area contributed by atoms with E-state index in [4.69, 9.17) is 26.1 Å². The van der Waals surface area contributed by atoms with Crippen molar-refractivity contribution in [2.24, 2.45) is 4.99 Å². The molecule has 0 radical (unpaired) electrons. The molecule has 4 rings (SSSR count). The molecule has 0 spiro atoms. The number of esters is 1. The third-order valence-corrected chi connectivity index (χ3v) is 7.37. The molecule has 1 N–H and O–H groups in total. The van der Waals surface area contributed by atoms with E-state index < -0.39 is 11.2 Å². The normalized spacial score (nSPS) is 16.2. The molecular formula is C29H28ClN3O5S. The quantitative estimate of drug-likeness (QED) is 0.333. The van der Waals surface area contributed by atoms with Gasteiger partial charge < -0.3 is 14.8 Å². The number of hydrogen-bond acceptors (Lipinski definition) is 7. The smallest absolute Gasteiger partial charge is 0.338 e. The molecule has 1 atom stereocenters. The van der Waals surface area contributed by atoms with Crippen molar-refractivity contribution >= 4 is 57.7 Å². The second-order valence-electron chi connectivity index (χ2n) is 8.61. The number of ether oxygens (including phenoxy) is 2. The minimum Gasteiger partial charge on any atom is -0.497 e. The minimum atomic E-state index is -0.663. The molecule has 1 aliphatic rings. The molecule has 0 aromatic heterocycles. The SMILES string of the molecule is CCOC(=O)c1ccc(N=C2S[C@H](C(=O)Nc3ccc(OC)cc3)CC(=O)N2CCc2ccc(Cl)cc2)cc1. The number of methoxy groups -OCH3 is 1. The summed E-state index contributed by atoms with van der Waals surface area (Å²) in [6.45, 7) is 2.42. The lowest BCUT2D eigenvalue weighted by atomic mass is 10.1. The van der Waals surface area contributed by atoms with Crippen LogP contribution in [0.25, 0.3) is 0 Å². The van der Waals surface area contributed by atoms with E-state index in [-0.39, 0.29) is 24.8 Å². The summed E-state index contributed by atoms with van der Waals surface area (Å²) < 4.78 is 10.2. The first-order chi connectivity index (χ1) is 18.9. The van der Waals surface area contributed by atoms with Gasteiger partial charge in [0.2, 0.25) is 11.8 Å². The second-order valence-corrected chi connectivity index (χ2v) is 10.2. The Balaban J connectivity index is 1.55. The summed E-state index contributed by atoms with van der Waals surface area (Å²) in [5, 5.41) is 3.27. The Morgan fingerprint density at radius 2 is 1.74 bits per heavy atom. The zero-order valence-electron chi connectivity index (χ0n) is 21.6. The number of thioether (sulfide) groups is 1. The summed E-state index contributed by atoms with van der Waals surface area (Å²) in [7, 11) is 1.57. The molecule has 1 saturated heterocycles. The Kier molecular flexibility index (Phi) is 9.62. The van der Waals surface area contributed by atoms with Crippen molar-refractivity contribution < 1.29 is 23.9 Å². The fourth-order valence-electron chi connectivity index (χ4n) is 3.85. The number of hydrogen-bond donors (Lipinski definition) is 1. The molecule has 39 heavy (non-hydrogen) atoms. The Bertz CT molecular complexity index is 1340. The molecular weight excluding hydrogens is 538 g/mol. The van der Waals surface area contributed by atoms with Gasteiger partial charge in [0.1, 0.15) is 11.0 Å². The number of nitrogens with zero attached hydrogens (tertiary/aromatic N) is 2. The third kappa shape index (κ3) is 7.61. The molecule has 1 fully saturated rings. The zero-order chi connectivity index (χ0) is 27.8. The third-order valence-electron chi connectivity index (χ3n) is 5.93. The molecule has 0 saturated carbocycles. The monoisotopic (exact) mass is 565 g/mol. The van der Waals surface area contributed by atoms with Gasteiger partial charge in [-0.1, -0.05) is 35.5 Å². The van der Waals surface area contributed by atoms with E-state index in [0.29, 0.717) is 45.8 Å². The molecule has 3 aromatic rings. The van der Waals surface area contributed by atoms with Gasteiger partial charge in [-0.25, -0.2) is 9.79 Å². The Morgan fingerprint density at radius 1 is 1.05 bits per heavy atom. The lowest BCUT2D eigenvalue weighted by Gasteiger charge is -2.32.